The summed E-state index contributed by atoms with van der Waals surface area (Å²) >= 11 is 0. The van der Waals surface area contributed by atoms with Gasteiger partial charge in [0.1, 0.15) is 24.5 Å². The molecular weight excluding hydrogens is 384 g/mol. The predicted molar refractivity (Wildman–Crippen MR) is 113 cm³/mol. The van der Waals surface area contributed by atoms with E-state index in [0.717, 1.165) is 5.56 Å². The Morgan fingerprint density at radius 3 is 2.57 bits per heavy atom. The third-order valence-corrected chi connectivity index (χ3v) is 4.18. The van der Waals surface area contributed by atoms with Crippen LogP contribution in [0.5, 0.6) is 5.75 Å². The van der Waals surface area contributed by atoms with Gasteiger partial charge < -0.3 is 18.6 Å². The maximum Gasteiger partial charge on any atom is 0.374 e. The smallest absolute Gasteiger partial charge is 0.374 e. The van der Waals surface area contributed by atoms with Crippen molar-refractivity contribution in [2.24, 2.45) is 0 Å². The molecule has 1 aromatic heterocycles. The molecule has 1 heterocycles. The van der Waals surface area contributed by atoms with Gasteiger partial charge in [0, 0.05) is 11.5 Å². The topological polar surface area (TPSA) is 75.0 Å². The van der Waals surface area contributed by atoms with E-state index in [2.05, 4.69) is 6.58 Å². The Hall–Kier alpha value is -3.80. The zero-order valence-corrected chi connectivity index (χ0v) is 16.6. The Morgan fingerprint density at radius 1 is 1.07 bits per heavy atom. The zero-order chi connectivity index (χ0) is 21.3. The van der Waals surface area contributed by atoms with Crippen LogP contribution in [0.3, 0.4) is 0 Å². The summed E-state index contributed by atoms with van der Waals surface area (Å²) in [6, 6.07) is 14.4. The van der Waals surface area contributed by atoms with Gasteiger partial charge in [-0.15, -0.1) is 0 Å². The van der Waals surface area contributed by atoms with Gasteiger partial charge in [0.2, 0.25) is 5.76 Å². The van der Waals surface area contributed by atoms with Crippen LogP contribution in [0, 0.1) is 0 Å². The van der Waals surface area contributed by atoms with E-state index >= 15 is 0 Å². The van der Waals surface area contributed by atoms with Gasteiger partial charge in [-0.25, -0.2) is 9.59 Å². The predicted octanol–water partition coefficient (Wildman–Crippen LogP) is 4.93. The van der Waals surface area contributed by atoms with Gasteiger partial charge in [0.25, 0.3) is 0 Å². The van der Waals surface area contributed by atoms with Gasteiger partial charge in [-0.2, -0.15) is 0 Å². The van der Waals surface area contributed by atoms with Gasteiger partial charge in [-0.05, 0) is 36.8 Å². The molecule has 0 amide bonds. The molecule has 0 aliphatic rings. The van der Waals surface area contributed by atoms with E-state index in [1.807, 2.05) is 18.2 Å². The number of hydrogen-bond acceptors (Lipinski definition) is 6. The van der Waals surface area contributed by atoms with Crippen LogP contribution in [0.25, 0.3) is 17.0 Å². The molecule has 154 valence electrons. The zero-order valence-electron chi connectivity index (χ0n) is 16.6. The molecule has 0 unspecified atom stereocenters. The summed E-state index contributed by atoms with van der Waals surface area (Å²) in [4.78, 5) is 24.4. The Labute approximate surface area is 174 Å². The average Bonchev–Trinajstić information content (AvgIpc) is 3.14. The fourth-order valence-corrected chi connectivity index (χ4v) is 2.79. The summed E-state index contributed by atoms with van der Waals surface area (Å²) in [5.74, 6) is -0.367. The largest absolute Gasteiger partial charge is 0.490 e. The maximum absolute atomic E-state index is 12.2. The molecule has 0 aliphatic heterocycles. The second kappa shape index (κ2) is 10.1. The first kappa shape index (κ1) is 20.9. The van der Waals surface area contributed by atoms with Crippen LogP contribution in [0.2, 0.25) is 0 Å². The van der Waals surface area contributed by atoms with Gasteiger partial charge >= 0.3 is 11.9 Å². The van der Waals surface area contributed by atoms with E-state index in [1.54, 1.807) is 49.4 Å². The second-order valence-electron chi connectivity index (χ2n) is 6.24. The Balaban J connectivity index is 1.67. The van der Waals surface area contributed by atoms with Crippen LogP contribution in [0.15, 0.2) is 71.7 Å². The fraction of sp³-hybridized carbons (Fsp3) is 0.167. The highest BCUT2D eigenvalue weighted by Gasteiger charge is 2.22. The lowest BCUT2D eigenvalue weighted by atomic mass is 10.1. The molecule has 0 aliphatic carbocycles. The third-order valence-electron chi connectivity index (χ3n) is 4.18. The fourth-order valence-electron chi connectivity index (χ4n) is 2.79. The summed E-state index contributed by atoms with van der Waals surface area (Å²) in [7, 11) is 0. The first-order valence-electron chi connectivity index (χ1n) is 9.48. The van der Waals surface area contributed by atoms with E-state index in [4.69, 9.17) is 18.6 Å². The molecule has 6 heteroatoms. The van der Waals surface area contributed by atoms with Crippen molar-refractivity contribution >= 4 is 29.0 Å². The van der Waals surface area contributed by atoms with Crippen molar-refractivity contribution < 1.29 is 28.2 Å². The van der Waals surface area contributed by atoms with Gasteiger partial charge in [0.05, 0.1) is 12.2 Å². The SMILES string of the molecule is C=CCOc1ccc(/C=C/C(=O)OCc2c(C(=O)OCC)oc3ccccc23)cc1. The van der Waals surface area contributed by atoms with Crippen molar-refractivity contribution in [2.75, 3.05) is 13.2 Å². The molecule has 3 aromatic rings. The average molecular weight is 406 g/mol. The highest BCUT2D eigenvalue weighted by atomic mass is 16.5. The molecule has 0 N–H and O–H groups in total. The van der Waals surface area contributed by atoms with E-state index in [9.17, 15) is 9.59 Å². The van der Waals surface area contributed by atoms with Crippen molar-refractivity contribution in [1.82, 2.24) is 0 Å². The van der Waals surface area contributed by atoms with Crippen molar-refractivity contribution in [3.8, 4) is 5.75 Å². The molecule has 0 radical (unpaired) electrons. The number of benzene rings is 2. The summed E-state index contributed by atoms with van der Waals surface area (Å²) in [5, 5.41) is 0.701. The van der Waals surface area contributed by atoms with Gasteiger partial charge in [-0.3, -0.25) is 0 Å². The Morgan fingerprint density at radius 2 is 1.83 bits per heavy atom. The van der Waals surface area contributed by atoms with Crippen LogP contribution < -0.4 is 4.74 Å². The molecule has 3 rings (SSSR count). The first-order valence-corrected chi connectivity index (χ1v) is 9.48. The van der Waals surface area contributed by atoms with E-state index in [-0.39, 0.29) is 19.0 Å². The minimum absolute atomic E-state index is 0.0462. The third kappa shape index (κ3) is 5.17. The van der Waals surface area contributed by atoms with Crippen molar-refractivity contribution in [1.29, 1.82) is 0 Å². The number of hydrogen-bond donors (Lipinski definition) is 0. The Kier molecular flexibility index (Phi) is 7.05. The molecule has 0 saturated carbocycles. The van der Waals surface area contributed by atoms with Crippen LogP contribution in [0.4, 0.5) is 0 Å². The van der Waals surface area contributed by atoms with Crippen LogP contribution in [-0.4, -0.2) is 25.2 Å². The summed E-state index contributed by atoms with van der Waals surface area (Å²) in [6.45, 7) is 5.85. The first-order chi connectivity index (χ1) is 14.6. The van der Waals surface area contributed by atoms with E-state index in [0.29, 0.717) is 28.9 Å². The summed E-state index contributed by atoms with van der Waals surface area (Å²) in [5.41, 5.74) is 1.83. The lowest BCUT2D eigenvalue weighted by Gasteiger charge is -2.04. The molecule has 6 nitrogen and oxygen atoms in total. The number of furan rings is 1. The van der Waals surface area contributed by atoms with Crippen LogP contribution in [0.1, 0.15) is 28.6 Å². The van der Waals surface area contributed by atoms with Crippen LogP contribution in [-0.2, 0) is 20.9 Å². The second-order valence-corrected chi connectivity index (χ2v) is 6.24. The highest BCUT2D eigenvalue weighted by molar-refractivity contribution is 5.96. The number of para-hydroxylation sites is 1. The summed E-state index contributed by atoms with van der Waals surface area (Å²) in [6.07, 6.45) is 4.63. The number of carbonyl (C=O) groups excluding carboxylic acids is 2. The maximum atomic E-state index is 12.2. The Bertz CT molecular complexity index is 1060. The lowest BCUT2D eigenvalue weighted by Crippen LogP contribution is -2.08. The van der Waals surface area contributed by atoms with Crippen LogP contribution >= 0.6 is 0 Å². The number of esters is 2. The monoisotopic (exact) mass is 406 g/mol. The molecule has 30 heavy (non-hydrogen) atoms. The molecule has 0 fully saturated rings. The number of fused-ring (bicyclic) bond motifs is 1. The van der Waals surface area contributed by atoms with Crippen molar-refractivity contribution in [3.05, 3.63) is 84.1 Å². The lowest BCUT2D eigenvalue weighted by molar-refractivity contribution is -0.138. The molecule has 0 atom stereocenters. The molecular formula is C24H22O6. The normalized spacial score (nSPS) is 10.8. The minimum Gasteiger partial charge on any atom is -0.490 e. The standard InChI is InChI=1S/C24H22O6/c1-3-15-28-18-12-9-17(10-13-18)11-14-22(25)29-16-20-19-7-5-6-8-21(19)30-23(20)24(26)27-4-2/h3,5-14H,1,4,15-16H2,2H3/b14-11+. The van der Waals surface area contributed by atoms with Crippen molar-refractivity contribution in [3.63, 3.8) is 0 Å². The minimum atomic E-state index is -0.589. The van der Waals surface area contributed by atoms with Crippen molar-refractivity contribution in [2.45, 2.75) is 13.5 Å². The quantitative estimate of drug-likeness (QED) is 0.285. The molecule has 0 saturated heterocycles. The molecule has 2 aromatic carbocycles. The molecule has 0 bridgehead atoms. The number of carbonyl (C=O) groups is 2. The number of ether oxygens (including phenoxy) is 3. The van der Waals surface area contributed by atoms with E-state index in [1.165, 1.54) is 6.08 Å². The number of rotatable bonds is 9. The van der Waals surface area contributed by atoms with Gasteiger partial charge in [0.15, 0.2) is 0 Å². The highest BCUT2D eigenvalue weighted by Crippen LogP contribution is 2.27. The molecule has 0 spiro atoms. The van der Waals surface area contributed by atoms with E-state index < -0.39 is 11.9 Å². The van der Waals surface area contributed by atoms with Gasteiger partial charge in [-0.1, -0.05) is 43.0 Å². The summed E-state index contributed by atoms with van der Waals surface area (Å²) < 4.78 is 21.4.